The molecule has 0 radical (unpaired) electrons. The fraction of sp³-hybridized carbons (Fsp3) is 0.286. The number of halogens is 2. The van der Waals surface area contributed by atoms with E-state index in [0.717, 1.165) is 0 Å². The molecule has 1 atom stereocenters. The molecule has 13 heteroatoms. The smallest absolute Gasteiger partial charge is 0.412 e. The summed E-state index contributed by atoms with van der Waals surface area (Å²) in [5, 5.41) is 5.84. The molecule has 0 heterocycles. The predicted molar refractivity (Wildman–Crippen MR) is 160 cm³/mol. The van der Waals surface area contributed by atoms with Gasteiger partial charge < -0.3 is 19.7 Å². The standard InChI is InChI=1S/C28H32Cl2N4O6S/c1-39-20-24(40-28(36)33-23-12-6-3-7-13-23)19-34(27(35)32-22-10-4-2-5-11-22)17-9-8-16-31-41(37,38)26-15-14-21(29)18-25(26)30/h2-7,10-15,18,24,31H,8-9,16-17,19-20H2,1H3,(H,32,35)(H,33,36). The lowest BCUT2D eigenvalue weighted by molar-refractivity contribution is 0.0313. The molecule has 3 aromatic rings. The molecule has 0 fully saturated rings. The Morgan fingerprint density at radius 3 is 2.15 bits per heavy atom. The monoisotopic (exact) mass is 622 g/mol. The van der Waals surface area contributed by atoms with E-state index in [1.165, 1.54) is 30.2 Å². The summed E-state index contributed by atoms with van der Waals surface area (Å²) in [6.45, 7) is 0.471. The van der Waals surface area contributed by atoms with Crippen molar-refractivity contribution in [1.82, 2.24) is 9.62 Å². The number of carbonyl (C=O) groups is 2. The molecule has 3 aromatic carbocycles. The van der Waals surface area contributed by atoms with E-state index in [1.54, 1.807) is 48.5 Å². The van der Waals surface area contributed by atoms with Crippen LogP contribution in [0.25, 0.3) is 0 Å². The number of sulfonamides is 1. The van der Waals surface area contributed by atoms with Crippen molar-refractivity contribution in [2.45, 2.75) is 23.8 Å². The first kappa shape index (κ1) is 32.2. The van der Waals surface area contributed by atoms with Gasteiger partial charge in [0.05, 0.1) is 18.2 Å². The van der Waals surface area contributed by atoms with E-state index in [4.69, 9.17) is 32.7 Å². The van der Waals surface area contributed by atoms with Crippen LogP contribution in [0.4, 0.5) is 21.0 Å². The molecule has 0 spiro atoms. The van der Waals surface area contributed by atoms with Crippen molar-refractivity contribution in [3.05, 3.63) is 88.9 Å². The van der Waals surface area contributed by atoms with Gasteiger partial charge in [-0.2, -0.15) is 0 Å². The summed E-state index contributed by atoms with van der Waals surface area (Å²) in [5.74, 6) is 0. The Kier molecular flexibility index (Phi) is 12.7. The second-order valence-electron chi connectivity index (χ2n) is 8.90. The molecule has 0 aromatic heterocycles. The van der Waals surface area contributed by atoms with Gasteiger partial charge >= 0.3 is 12.1 Å². The van der Waals surface area contributed by atoms with E-state index >= 15 is 0 Å². The molecule has 1 unspecified atom stereocenters. The maximum atomic E-state index is 13.2. The lowest BCUT2D eigenvalue weighted by atomic mass is 10.2. The van der Waals surface area contributed by atoms with Crippen molar-refractivity contribution in [2.75, 3.05) is 44.0 Å². The van der Waals surface area contributed by atoms with E-state index in [-0.39, 0.29) is 36.2 Å². The van der Waals surface area contributed by atoms with Crippen LogP contribution in [0.2, 0.25) is 10.0 Å². The number of hydrogen-bond donors (Lipinski definition) is 3. The summed E-state index contributed by atoms with van der Waals surface area (Å²) in [5.41, 5.74) is 1.16. The van der Waals surface area contributed by atoms with E-state index in [0.29, 0.717) is 29.2 Å². The van der Waals surface area contributed by atoms with Crippen molar-refractivity contribution in [3.63, 3.8) is 0 Å². The molecule has 0 aliphatic heterocycles. The molecule has 0 saturated heterocycles. The van der Waals surface area contributed by atoms with E-state index in [9.17, 15) is 18.0 Å². The third kappa shape index (κ3) is 10.9. The number of para-hydroxylation sites is 2. The Morgan fingerprint density at radius 1 is 0.902 bits per heavy atom. The highest BCUT2D eigenvalue weighted by atomic mass is 35.5. The number of amides is 3. The van der Waals surface area contributed by atoms with Gasteiger partial charge in [-0.15, -0.1) is 0 Å². The van der Waals surface area contributed by atoms with E-state index in [2.05, 4.69) is 15.4 Å². The van der Waals surface area contributed by atoms with Gasteiger partial charge in [-0.25, -0.2) is 22.7 Å². The zero-order valence-corrected chi connectivity index (χ0v) is 24.7. The molecule has 41 heavy (non-hydrogen) atoms. The number of rotatable bonds is 14. The molecule has 10 nitrogen and oxygen atoms in total. The van der Waals surface area contributed by atoms with Crippen LogP contribution in [0.3, 0.4) is 0 Å². The Labute approximate surface area is 250 Å². The number of anilines is 2. The van der Waals surface area contributed by atoms with Crippen molar-refractivity contribution < 1.29 is 27.5 Å². The van der Waals surface area contributed by atoms with Gasteiger partial charge in [0.15, 0.2) is 0 Å². The fourth-order valence-electron chi connectivity index (χ4n) is 3.78. The van der Waals surface area contributed by atoms with Gasteiger partial charge in [0.2, 0.25) is 10.0 Å². The topological polar surface area (TPSA) is 126 Å². The van der Waals surface area contributed by atoms with E-state index < -0.39 is 28.3 Å². The molecule has 220 valence electrons. The average Bonchev–Trinajstić information content (AvgIpc) is 2.93. The fourth-order valence-corrected chi connectivity index (χ4v) is 5.63. The summed E-state index contributed by atoms with van der Waals surface area (Å²) in [7, 11) is -2.37. The van der Waals surface area contributed by atoms with Crippen LogP contribution in [-0.4, -0.2) is 64.9 Å². The van der Waals surface area contributed by atoms with Gasteiger partial charge in [0, 0.05) is 36.6 Å². The van der Waals surface area contributed by atoms with Gasteiger partial charge in [-0.3, -0.25) is 5.32 Å². The minimum atomic E-state index is -3.85. The van der Waals surface area contributed by atoms with Crippen LogP contribution in [0.1, 0.15) is 12.8 Å². The molecule has 0 saturated carbocycles. The highest BCUT2D eigenvalue weighted by Gasteiger charge is 2.23. The summed E-state index contributed by atoms with van der Waals surface area (Å²) >= 11 is 11.9. The summed E-state index contributed by atoms with van der Waals surface area (Å²) in [6.07, 6.45) is -0.577. The SMILES string of the molecule is COCC(CN(CCCCNS(=O)(=O)c1ccc(Cl)cc1Cl)C(=O)Nc1ccccc1)OC(=O)Nc1ccccc1. The maximum Gasteiger partial charge on any atom is 0.412 e. The van der Waals surface area contributed by atoms with Crippen molar-refractivity contribution in [1.29, 1.82) is 0 Å². The number of unbranched alkanes of at least 4 members (excludes halogenated alkanes) is 1. The molecular formula is C28H32Cl2N4O6S. The molecule has 0 bridgehead atoms. The third-order valence-electron chi connectivity index (χ3n) is 5.71. The lowest BCUT2D eigenvalue weighted by Gasteiger charge is -2.27. The van der Waals surface area contributed by atoms with Gasteiger partial charge in [0.1, 0.15) is 11.0 Å². The van der Waals surface area contributed by atoms with Gasteiger partial charge in [-0.1, -0.05) is 59.6 Å². The first-order valence-electron chi connectivity index (χ1n) is 12.8. The summed E-state index contributed by atoms with van der Waals surface area (Å²) in [6, 6.07) is 21.5. The summed E-state index contributed by atoms with van der Waals surface area (Å²) in [4.78, 5) is 27.1. The second-order valence-corrected chi connectivity index (χ2v) is 11.5. The number of methoxy groups -OCH3 is 1. The molecule has 3 rings (SSSR count). The van der Waals surface area contributed by atoms with Crippen LogP contribution >= 0.6 is 23.2 Å². The largest absolute Gasteiger partial charge is 0.442 e. The molecule has 3 N–H and O–H groups in total. The van der Waals surface area contributed by atoms with Crippen LogP contribution in [0.15, 0.2) is 83.8 Å². The number of nitrogens with one attached hydrogen (secondary N) is 3. The summed E-state index contributed by atoms with van der Waals surface area (Å²) < 4.78 is 38.6. The molecule has 0 aliphatic rings. The first-order valence-corrected chi connectivity index (χ1v) is 15.0. The zero-order chi connectivity index (χ0) is 29.7. The third-order valence-corrected chi connectivity index (χ3v) is 7.89. The van der Waals surface area contributed by atoms with Crippen molar-refractivity contribution >= 4 is 56.7 Å². The minimum Gasteiger partial charge on any atom is -0.442 e. The average molecular weight is 624 g/mol. The number of benzene rings is 3. The number of nitrogens with zero attached hydrogens (tertiary/aromatic N) is 1. The van der Waals surface area contributed by atoms with Gasteiger partial charge in [-0.05, 0) is 55.3 Å². The molecule has 3 amide bonds. The number of carbonyl (C=O) groups excluding carboxylic acids is 2. The Balaban J connectivity index is 1.61. The first-order chi connectivity index (χ1) is 19.7. The molecular weight excluding hydrogens is 591 g/mol. The highest BCUT2D eigenvalue weighted by Crippen LogP contribution is 2.24. The van der Waals surface area contributed by atoms with Crippen LogP contribution in [0, 0.1) is 0 Å². The minimum absolute atomic E-state index is 0.0224. The highest BCUT2D eigenvalue weighted by molar-refractivity contribution is 7.89. The Bertz CT molecular complexity index is 1380. The van der Waals surface area contributed by atoms with E-state index in [1.807, 2.05) is 12.1 Å². The molecule has 0 aliphatic carbocycles. The van der Waals surface area contributed by atoms with Crippen LogP contribution in [-0.2, 0) is 19.5 Å². The Hall–Kier alpha value is -3.35. The van der Waals surface area contributed by atoms with Crippen LogP contribution < -0.4 is 15.4 Å². The van der Waals surface area contributed by atoms with Crippen LogP contribution in [0.5, 0.6) is 0 Å². The normalized spacial score (nSPS) is 11.9. The zero-order valence-electron chi connectivity index (χ0n) is 22.4. The number of hydrogen-bond acceptors (Lipinski definition) is 6. The number of ether oxygens (including phenoxy) is 2. The predicted octanol–water partition coefficient (Wildman–Crippen LogP) is 5.85. The number of urea groups is 1. The Morgan fingerprint density at radius 2 is 1.54 bits per heavy atom. The van der Waals surface area contributed by atoms with Crippen molar-refractivity contribution in [3.8, 4) is 0 Å². The van der Waals surface area contributed by atoms with Crippen molar-refractivity contribution in [2.24, 2.45) is 0 Å². The maximum absolute atomic E-state index is 13.2. The lowest BCUT2D eigenvalue weighted by Crippen LogP contribution is -2.44. The quantitative estimate of drug-likeness (QED) is 0.194. The van der Waals surface area contributed by atoms with Gasteiger partial charge in [0.25, 0.3) is 0 Å². The second kappa shape index (κ2) is 16.2.